The van der Waals surface area contributed by atoms with Crippen molar-refractivity contribution in [3.63, 3.8) is 0 Å². The number of carbonyl (C=O) groups excluding carboxylic acids is 5. The van der Waals surface area contributed by atoms with Crippen LogP contribution in [-0.2, 0) is 43.0 Å². The smallest absolute Gasteiger partial charge is 0.407 e. The van der Waals surface area contributed by atoms with E-state index < -0.39 is 42.9 Å². The van der Waals surface area contributed by atoms with E-state index in [1.165, 1.54) is 0 Å². The van der Waals surface area contributed by atoms with Gasteiger partial charge < -0.3 is 56.1 Å². The van der Waals surface area contributed by atoms with Crippen LogP contribution in [-0.4, -0.2) is 129 Å². The zero-order valence-corrected chi connectivity index (χ0v) is 24.4. The van der Waals surface area contributed by atoms with Crippen molar-refractivity contribution < 1.29 is 47.8 Å². The molecular formula is C24H43N9O10. The van der Waals surface area contributed by atoms with Gasteiger partial charge in [-0.1, -0.05) is 6.92 Å². The van der Waals surface area contributed by atoms with Gasteiger partial charge >= 0.3 is 6.09 Å². The molecule has 7 N–H and O–H groups in total. The van der Waals surface area contributed by atoms with Gasteiger partial charge in [-0.05, 0) is 6.42 Å². The molecule has 0 aliphatic rings. The van der Waals surface area contributed by atoms with Crippen LogP contribution >= 0.6 is 0 Å². The molecule has 43 heavy (non-hydrogen) atoms. The number of nitrogens with one attached hydrogen (secondary N) is 5. The molecule has 0 rings (SSSR count). The van der Waals surface area contributed by atoms with Gasteiger partial charge in [0, 0.05) is 32.6 Å². The Balaban J connectivity index is 3.82. The molecule has 0 aromatic heterocycles. The van der Waals surface area contributed by atoms with Crippen LogP contribution in [0.3, 0.4) is 0 Å². The van der Waals surface area contributed by atoms with Crippen LogP contribution in [0.15, 0.2) is 27.3 Å². The fourth-order valence-electron chi connectivity index (χ4n) is 2.48. The molecule has 19 heteroatoms. The number of ether oxygens (including phenoxy) is 4. The summed E-state index contributed by atoms with van der Waals surface area (Å²) >= 11 is 0. The van der Waals surface area contributed by atoms with Crippen LogP contribution in [0, 0.1) is 0 Å². The SMILES string of the molecule is C=NOCC(=O)NCC(=O)NCC(=O)NCC(=O)NCCNC(=O)OCC(=C/N)/N=N\CCOCCOCCOCCC. The summed E-state index contributed by atoms with van der Waals surface area (Å²) in [7, 11) is 0. The van der Waals surface area contributed by atoms with Gasteiger partial charge in [0.2, 0.25) is 17.7 Å². The Morgan fingerprint density at radius 3 is 1.84 bits per heavy atom. The van der Waals surface area contributed by atoms with Gasteiger partial charge in [0.1, 0.15) is 12.3 Å². The Morgan fingerprint density at radius 2 is 1.26 bits per heavy atom. The van der Waals surface area contributed by atoms with Gasteiger partial charge in [-0.15, -0.1) is 5.16 Å². The van der Waals surface area contributed by atoms with E-state index in [-0.39, 0.29) is 45.0 Å². The minimum absolute atomic E-state index is 0.0458. The number of azo groups is 1. The molecule has 0 aliphatic carbocycles. The number of amides is 5. The maximum absolute atomic E-state index is 11.8. The molecule has 0 atom stereocenters. The van der Waals surface area contributed by atoms with Crippen molar-refractivity contribution in [3.05, 3.63) is 11.9 Å². The fourth-order valence-corrected chi connectivity index (χ4v) is 2.48. The van der Waals surface area contributed by atoms with Crippen molar-refractivity contribution in [1.82, 2.24) is 26.6 Å². The fraction of sp³-hybridized carbons (Fsp3) is 0.667. The molecule has 0 bridgehead atoms. The summed E-state index contributed by atoms with van der Waals surface area (Å²) in [6.45, 7) is 6.67. The highest BCUT2D eigenvalue weighted by Crippen LogP contribution is 1.97. The van der Waals surface area contributed by atoms with Crippen LogP contribution in [0.25, 0.3) is 0 Å². The quantitative estimate of drug-likeness (QED) is 0.0256. The molecule has 0 spiro atoms. The van der Waals surface area contributed by atoms with Gasteiger partial charge in [-0.25, -0.2) is 4.79 Å². The molecular weight excluding hydrogens is 574 g/mol. The Labute approximate surface area is 249 Å². The van der Waals surface area contributed by atoms with Gasteiger partial charge in [-0.3, -0.25) is 19.2 Å². The summed E-state index contributed by atoms with van der Waals surface area (Å²) in [5, 5.41) is 22.5. The summed E-state index contributed by atoms with van der Waals surface area (Å²) in [6.07, 6.45) is 1.36. The van der Waals surface area contributed by atoms with E-state index in [0.29, 0.717) is 33.0 Å². The molecule has 0 fully saturated rings. The van der Waals surface area contributed by atoms with Crippen molar-refractivity contribution in [2.24, 2.45) is 21.1 Å². The number of hydrogen-bond donors (Lipinski definition) is 6. The third kappa shape index (κ3) is 26.3. The average Bonchev–Trinajstić information content (AvgIpc) is 3.00. The standard InChI is InChI=1S/C24H43N9O10/c1-3-7-39-9-11-41-12-10-40-8-6-32-33-19(13-25)17-42-24(38)28-5-4-27-20(34)14-29-21(35)15-30-22(36)16-31-23(37)18-43-26-2/h13H,2-12,14-18,25H2,1H3,(H,27,34)(H,28,38)(H,29,35)(H,30,36)(H,31,37)/b19-13-,33-32-. The number of oxime groups is 1. The topological polar surface area (TPSA) is 255 Å². The van der Waals surface area contributed by atoms with E-state index in [9.17, 15) is 24.0 Å². The highest BCUT2D eigenvalue weighted by Gasteiger charge is 2.10. The maximum atomic E-state index is 11.8. The predicted molar refractivity (Wildman–Crippen MR) is 152 cm³/mol. The van der Waals surface area contributed by atoms with Gasteiger partial charge in [0.05, 0.1) is 59.2 Å². The second kappa shape index (κ2) is 27.8. The number of nitrogens with zero attached hydrogens (tertiary/aromatic N) is 3. The molecule has 0 aromatic rings. The summed E-state index contributed by atoms with van der Waals surface area (Å²) in [6, 6.07) is 0. The normalized spacial score (nSPS) is 11.0. The summed E-state index contributed by atoms with van der Waals surface area (Å²) < 4.78 is 21.0. The molecule has 0 saturated carbocycles. The van der Waals surface area contributed by atoms with E-state index in [4.69, 9.17) is 24.7 Å². The third-order valence-electron chi connectivity index (χ3n) is 4.51. The first-order chi connectivity index (χ1) is 20.8. The minimum atomic E-state index is -0.766. The zero-order valence-electron chi connectivity index (χ0n) is 24.4. The summed E-state index contributed by atoms with van der Waals surface area (Å²) in [5.74, 6) is -2.37. The Bertz CT molecular complexity index is 903. The molecule has 0 aliphatic heterocycles. The second-order valence-electron chi connectivity index (χ2n) is 8.05. The first-order valence-electron chi connectivity index (χ1n) is 13.4. The average molecular weight is 618 g/mol. The summed E-state index contributed by atoms with van der Waals surface area (Å²) in [5.41, 5.74) is 5.70. The van der Waals surface area contributed by atoms with Crippen molar-refractivity contribution in [1.29, 1.82) is 0 Å². The number of alkyl carbamates (subject to hydrolysis) is 1. The number of rotatable bonds is 26. The third-order valence-corrected chi connectivity index (χ3v) is 4.51. The Morgan fingerprint density at radius 1 is 0.721 bits per heavy atom. The molecule has 19 nitrogen and oxygen atoms in total. The van der Waals surface area contributed by atoms with E-state index in [2.05, 4.69) is 53.5 Å². The monoisotopic (exact) mass is 617 g/mol. The van der Waals surface area contributed by atoms with E-state index in [1.54, 1.807) is 0 Å². The van der Waals surface area contributed by atoms with Crippen LogP contribution in [0.2, 0.25) is 0 Å². The van der Waals surface area contributed by atoms with Crippen LogP contribution in [0.5, 0.6) is 0 Å². The molecule has 0 radical (unpaired) electrons. The lowest BCUT2D eigenvalue weighted by molar-refractivity contribution is -0.130. The first kappa shape index (κ1) is 38.6. The number of hydrogen-bond acceptors (Lipinski definition) is 14. The van der Waals surface area contributed by atoms with Crippen LogP contribution in [0.1, 0.15) is 13.3 Å². The highest BCUT2D eigenvalue weighted by atomic mass is 16.6. The number of nitrogens with two attached hydrogens (primary N) is 1. The minimum Gasteiger partial charge on any atom is -0.443 e. The lowest BCUT2D eigenvalue weighted by atomic mass is 10.4. The van der Waals surface area contributed by atoms with Crippen molar-refractivity contribution in [2.45, 2.75) is 13.3 Å². The lowest BCUT2D eigenvalue weighted by Gasteiger charge is -2.09. The van der Waals surface area contributed by atoms with Crippen molar-refractivity contribution in [2.75, 3.05) is 92.1 Å². The largest absolute Gasteiger partial charge is 0.443 e. The second-order valence-corrected chi connectivity index (χ2v) is 8.05. The molecule has 5 amide bonds. The molecule has 0 unspecified atom stereocenters. The Kier molecular flexibility index (Phi) is 25.0. The van der Waals surface area contributed by atoms with Crippen molar-refractivity contribution in [3.8, 4) is 0 Å². The van der Waals surface area contributed by atoms with Gasteiger partial charge in [0.15, 0.2) is 6.61 Å². The molecule has 0 saturated heterocycles. The van der Waals surface area contributed by atoms with Gasteiger partial charge in [0.25, 0.3) is 5.91 Å². The Hall–Kier alpha value is -4.36. The lowest BCUT2D eigenvalue weighted by Crippen LogP contribution is -2.45. The van der Waals surface area contributed by atoms with E-state index in [0.717, 1.165) is 19.2 Å². The highest BCUT2D eigenvalue weighted by molar-refractivity contribution is 5.90. The molecule has 0 heterocycles. The van der Waals surface area contributed by atoms with E-state index in [1.807, 2.05) is 6.92 Å². The first-order valence-corrected chi connectivity index (χ1v) is 13.4. The zero-order chi connectivity index (χ0) is 32.0. The van der Waals surface area contributed by atoms with Crippen LogP contribution in [0.4, 0.5) is 4.79 Å². The van der Waals surface area contributed by atoms with Crippen LogP contribution < -0.4 is 32.3 Å². The number of carbonyl (C=O) groups is 5. The predicted octanol–water partition coefficient (Wildman–Crippen LogP) is -2.48. The summed E-state index contributed by atoms with van der Waals surface area (Å²) in [4.78, 5) is 62.6. The van der Waals surface area contributed by atoms with Crippen molar-refractivity contribution >= 4 is 36.4 Å². The maximum Gasteiger partial charge on any atom is 0.407 e. The molecule has 244 valence electrons. The van der Waals surface area contributed by atoms with Gasteiger partial charge in [-0.2, -0.15) is 10.2 Å². The molecule has 0 aromatic carbocycles. The van der Waals surface area contributed by atoms with E-state index >= 15 is 0 Å².